The molecule has 0 spiro atoms. The number of ether oxygens (including phenoxy) is 1. The molecular weight excluding hydrogens is 276 g/mol. The summed E-state index contributed by atoms with van der Waals surface area (Å²) in [6, 6.07) is 8.94. The second-order valence-electron chi connectivity index (χ2n) is 7.05. The molecule has 118 valence electrons. The fraction of sp³-hybridized carbons (Fsp3) is 0.611. The van der Waals surface area contributed by atoms with Crippen molar-refractivity contribution in [2.24, 2.45) is 11.3 Å². The Morgan fingerprint density at radius 2 is 1.95 bits per heavy atom. The van der Waals surface area contributed by atoms with Crippen molar-refractivity contribution in [3.63, 3.8) is 0 Å². The normalized spacial score (nSPS) is 31.2. The third-order valence-corrected chi connectivity index (χ3v) is 5.54. The number of aryl methyl sites for hydroxylation is 1. The lowest BCUT2D eigenvalue weighted by Crippen LogP contribution is -2.44. The van der Waals surface area contributed by atoms with Crippen molar-refractivity contribution < 1.29 is 9.53 Å². The second kappa shape index (κ2) is 5.36. The van der Waals surface area contributed by atoms with E-state index in [0.717, 1.165) is 39.1 Å². The van der Waals surface area contributed by atoms with Gasteiger partial charge in [0, 0.05) is 19.6 Å². The Hall–Kier alpha value is -1.39. The number of carbonyl (C=O) groups excluding carboxylic acids is 1. The van der Waals surface area contributed by atoms with Crippen LogP contribution in [0.5, 0.6) is 0 Å². The molecule has 2 saturated carbocycles. The second-order valence-corrected chi connectivity index (χ2v) is 7.05. The third kappa shape index (κ3) is 2.55. The zero-order chi connectivity index (χ0) is 15.2. The molecule has 1 aromatic carbocycles. The summed E-state index contributed by atoms with van der Waals surface area (Å²) in [7, 11) is 0. The molecule has 2 aliphatic carbocycles. The Morgan fingerprint density at radius 3 is 2.55 bits per heavy atom. The minimum atomic E-state index is 0.0584. The number of hydrogen-bond acceptors (Lipinski definition) is 3. The molecule has 3 aliphatic rings. The van der Waals surface area contributed by atoms with E-state index >= 15 is 0 Å². The maximum atomic E-state index is 12.3. The zero-order valence-electron chi connectivity index (χ0n) is 13.2. The molecule has 0 radical (unpaired) electrons. The Morgan fingerprint density at radius 1 is 1.32 bits per heavy atom. The average Bonchev–Trinajstić information content (AvgIpc) is 3.40. The summed E-state index contributed by atoms with van der Waals surface area (Å²) in [4.78, 5) is 14.7. The molecule has 4 rings (SSSR count). The first kappa shape index (κ1) is 14.2. The summed E-state index contributed by atoms with van der Waals surface area (Å²) >= 11 is 0. The topological polar surface area (TPSA) is 41.6 Å². The van der Waals surface area contributed by atoms with Gasteiger partial charge in [-0.05, 0) is 31.2 Å². The monoisotopic (exact) mass is 300 g/mol. The molecule has 1 heterocycles. The van der Waals surface area contributed by atoms with E-state index < -0.39 is 0 Å². The van der Waals surface area contributed by atoms with E-state index in [9.17, 15) is 4.79 Å². The van der Waals surface area contributed by atoms with Gasteiger partial charge in [0.2, 0.25) is 5.91 Å². The van der Waals surface area contributed by atoms with Crippen LogP contribution in [-0.4, -0.2) is 43.7 Å². The van der Waals surface area contributed by atoms with E-state index in [-0.39, 0.29) is 17.4 Å². The van der Waals surface area contributed by atoms with Crippen LogP contribution in [0.15, 0.2) is 24.3 Å². The quantitative estimate of drug-likeness (QED) is 0.903. The fourth-order valence-corrected chi connectivity index (χ4v) is 3.57. The Balaban J connectivity index is 1.46. The van der Waals surface area contributed by atoms with Crippen LogP contribution in [0.4, 0.5) is 0 Å². The number of fused-ring (bicyclic) bond motifs is 1. The molecule has 1 saturated heterocycles. The smallest absolute Gasteiger partial charge is 0.226 e. The third-order valence-electron chi connectivity index (χ3n) is 5.54. The van der Waals surface area contributed by atoms with Crippen LogP contribution in [0.1, 0.15) is 30.0 Å². The molecule has 0 bridgehead atoms. The largest absolute Gasteiger partial charge is 0.379 e. The molecule has 3 fully saturated rings. The van der Waals surface area contributed by atoms with Crippen molar-refractivity contribution in [3.8, 4) is 0 Å². The number of rotatable bonds is 5. The predicted molar refractivity (Wildman–Crippen MR) is 84.5 cm³/mol. The molecule has 1 unspecified atom stereocenters. The Bertz CT molecular complexity index is 557. The maximum absolute atomic E-state index is 12.3. The minimum absolute atomic E-state index is 0.0584. The molecule has 4 heteroatoms. The number of benzene rings is 1. The van der Waals surface area contributed by atoms with Gasteiger partial charge in [-0.1, -0.05) is 29.8 Å². The van der Waals surface area contributed by atoms with Crippen LogP contribution in [0, 0.1) is 18.3 Å². The summed E-state index contributed by atoms with van der Waals surface area (Å²) in [6.07, 6.45) is 2.23. The number of nitrogens with one attached hydrogen (secondary N) is 1. The summed E-state index contributed by atoms with van der Waals surface area (Å²) < 4.78 is 5.47. The van der Waals surface area contributed by atoms with Gasteiger partial charge in [0.15, 0.2) is 0 Å². The first-order chi connectivity index (χ1) is 10.7. The lowest BCUT2D eigenvalue weighted by atomic mass is 10.0. The van der Waals surface area contributed by atoms with E-state index in [0.29, 0.717) is 12.5 Å². The van der Waals surface area contributed by atoms with E-state index in [2.05, 4.69) is 41.4 Å². The highest BCUT2D eigenvalue weighted by Crippen LogP contribution is 2.75. The van der Waals surface area contributed by atoms with Crippen molar-refractivity contribution in [2.75, 3.05) is 32.8 Å². The summed E-state index contributed by atoms with van der Waals surface area (Å²) in [5.74, 6) is 0.983. The number of hydrogen-bond donors (Lipinski definition) is 1. The van der Waals surface area contributed by atoms with Gasteiger partial charge >= 0.3 is 0 Å². The van der Waals surface area contributed by atoms with Crippen molar-refractivity contribution in [2.45, 2.75) is 25.8 Å². The standard InChI is InChI=1S/C18H24N2O2/c1-13-2-4-14(5-3-13)16(20-6-8-22-9-7-20)12-19-17(21)18-10-15(18)11-18/h2-5,15-16H,6-12H2,1H3,(H,19,21). The maximum Gasteiger partial charge on any atom is 0.226 e. The van der Waals surface area contributed by atoms with Gasteiger partial charge in [-0.15, -0.1) is 0 Å². The van der Waals surface area contributed by atoms with Crippen molar-refractivity contribution in [3.05, 3.63) is 35.4 Å². The molecule has 22 heavy (non-hydrogen) atoms. The van der Waals surface area contributed by atoms with Gasteiger partial charge in [0.25, 0.3) is 0 Å². The van der Waals surface area contributed by atoms with Crippen LogP contribution < -0.4 is 5.32 Å². The van der Waals surface area contributed by atoms with Gasteiger partial charge < -0.3 is 10.1 Å². The lowest BCUT2D eigenvalue weighted by Gasteiger charge is -2.35. The molecular formula is C18H24N2O2. The summed E-state index contributed by atoms with van der Waals surface area (Å²) in [5.41, 5.74) is 2.61. The highest BCUT2D eigenvalue weighted by Gasteiger charge is 2.74. The summed E-state index contributed by atoms with van der Waals surface area (Å²) in [6.45, 7) is 6.24. The van der Waals surface area contributed by atoms with Crippen molar-refractivity contribution in [1.29, 1.82) is 0 Å². The first-order valence-corrected chi connectivity index (χ1v) is 8.36. The molecule has 1 aromatic rings. The van der Waals surface area contributed by atoms with Crippen LogP contribution in [0.25, 0.3) is 0 Å². The molecule has 0 aromatic heterocycles. The van der Waals surface area contributed by atoms with E-state index in [1.807, 2.05) is 0 Å². The molecule has 4 nitrogen and oxygen atoms in total. The van der Waals surface area contributed by atoms with Gasteiger partial charge in [0.05, 0.1) is 24.7 Å². The fourth-order valence-electron chi connectivity index (χ4n) is 3.57. The van der Waals surface area contributed by atoms with Gasteiger partial charge in [0.1, 0.15) is 0 Å². The molecule has 1 atom stereocenters. The minimum Gasteiger partial charge on any atom is -0.379 e. The van der Waals surface area contributed by atoms with E-state index in [1.165, 1.54) is 11.1 Å². The van der Waals surface area contributed by atoms with Gasteiger partial charge in [-0.25, -0.2) is 0 Å². The number of morpholine rings is 1. The highest BCUT2D eigenvalue weighted by molar-refractivity contribution is 5.90. The Kier molecular flexibility index (Phi) is 3.46. The van der Waals surface area contributed by atoms with Crippen molar-refractivity contribution in [1.82, 2.24) is 10.2 Å². The first-order valence-electron chi connectivity index (χ1n) is 8.36. The number of carbonyl (C=O) groups is 1. The van der Waals surface area contributed by atoms with Crippen LogP contribution in [0.2, 0.25) is 0 Å². The number of amides is 1. The predicted octanol–water partition coefficient (Wildman–Crippen LogP) is 1.89. The lowest BCUT2D eigenvalue weighted by molar-refractivity contribution is -0.124. The van der Waals surface area contributed by atoms with Gasteiger partial charge in [-0.2, -0.15) is 0 Å². The molecule has 1 N–H and O–H groups in total. The van der Waals surface area contributed by atoms with E-state index in [4.69, 9.17) is 4.74 Å². The zero-order valence-corrected chi connectivity index (χ0v) is 13.2. The molecule has 1 amide bonds. The van der Waals surface area contributed by atoms with Crippen LogP contribution in [-0.2, 0) is 9.53 Å². The Labute approximate surface area is 131 Å². The SMILES string of the molecule is Cc1ccc(C(CNC(=O)C23CC2C3)N2CCOCC2)cc1. The summed E-state index contributed by atoms with van der Waals surface area (Å²) in [5, 5.41) is 3.22. The number of nitrogens with zero attached hydrogens (tertiary/aromatic N) is 1. The average molecular weight is 300 g/mol. The van der Waals surface area contributed by atoms with Crippen LogP contribution >= 0.6 is 0 Å². The van der Waals surface area contributed by atoms with Crippen LogP contribution in [0.3, 0.4) is 0 Å². The van der Waals surface area contributed by atoms with E-state index in [1.54, 1.807) is 0 Å². The highest BCUT2D eigenvalue weighted by atomic mass is 16.5. The van der Waals surface area contributed by atoms with Crippen molar-refractivity contribution >= 4 is 5.91 Å². The van der Waals surface area contributed by atoms with Gasteiger partial charge in [-0.3, -0.25) is 9.69 Å². The molecule has 1 aliphatic heterocycles.